The van der Waals surface area contributed by atoms with Crippen molar-refractivity contribution in [2.75, 3.05) is 5.75 Å². The van der Waals surface area contributed by atoms with E-state index in [1.807, 2.05) is 12.1 Å². The third-order valence-electron chi connectivity index (χ3n) is 2.60. The standard InChI is InChI=1S/C14H13ClN2O3S/c1-9-12(6-7-20-9)14(19)17-16-13(18)8-21-11-4-2-10(15)3-5-11/h2-7H,8H2,1H3,(H,16,18)(H,17,19). The van der Waals surface area contributed by atoms with Crippen LogP contribution < -0.4 is 10.9 Å². The molecule has 1 heterocycles. The molecule has 0 aliphatic rings. The van der Waals surface area contributed by atoms with Crippen LogP contribution in [0.4, 0.5) is 0 Å². The SMILES string of the molecule is Cc1occc1C(=O)NNC(=O)CSc1ccc(Cl)cc1. The molecule has 0 radical (unpaired) electrons. The second kappa shape index (κ2) is 7.19. The van der Waals surface area contributed by atoms with Gasteiger partial charge in [-0.25, -0.2) is 0 Å². The lowest BCUT2D eigenvalue weighted by atomic mass is 10.2. The molecule has 2 amide bonds. The van der Waals surface area contributed by atoms with E-state index in [0.29, 0.717) is 16.3 Å². The lowest BCUT2D eigenvalue weighted by molar-refractivity contribution is -0.119. The Morgan fingerprint density at radius 1 is 1.19 bits per heavy atom. The Morgan fingerprint density at radius 2 is 1.90 bits per heavy atom. The first-order chi connectivity index (χ1) is 10.1. The highest BCUT2D eigenvalue weighted by Crippen LogP contribution is 2.19. The van der Waals surface area contributed by atoms with Crippen LogP contribution in [0.5, 0.6) is 0 Å². The lowest BCUT2D eigenvalue weighted by Crippen LogP contribution is -2.42. The molecule has 0 atom stereocenters. The first-order valence-electron chi connectivity index (χ1n) is 6.08. The number of hydrogen-bond donors (Lipinski definition) is 2. The van der Waals surface area contributed by atoms with E-state index in [4.69, 9.17) is 16.0 Å². The van der Waals surface area contributed by atoms with Crippen molar-refractivity contribution in [2.45, 2.75) is 11.8 Å². The minimum absolute atomic E-state index is 0.187. The van der Waals surface area contributed by atoms with Gasteiger partial charge in [-0.1, -0.05) is 11.6 Å². The summed E-state index contributed by atoms with van der Waals surface area (Å²) in [6.45, 7) is 1.67. The van der Waals surface area contributed by atoms with Crippen molar-refractivity contribution in [3.05, 3.63) is 52.9 Å². The Balaban J connectivity index is 1.76. The summed E-state index contributed by atoms with van der Waals surface area (Å²) in [4.78, 5) is 24.3. The summed E-state index contributed by atoms with van der Waals surface area (Å²) >= 11 is 7.13. The maximum absolute atomic E-state index is 11.7. The summed E-state index contributed by atoms with van der Waals surface area (Å²) < 4.78 is 5.02. The molecule has 2 aromatic rings. The summed E-state index contributed by atoms with van der Waals surface area (Å²) in [5.41, 5.74) is 5.08. The summed E-state index contributed by atoms with van der Waals surface area (Å²) in [5, 5.41) is 0.645. The monoisotopic (exact) mass is 324 g/mol. The van der Waals surface area contributed by atoms with Crippen molar-refractivity contribution in [2.24, 2.45) is 0 Å². The minimum Gasteiger partial charge on any atom is -0.469 e. The van der Waals surface area contributed by atoms with Gasteiger partial charge < -0.3 is 4.42 Å². The number of aryl methyl sites for hydroxylation is 1. The molecule has 21 heavy (non-hydrogen) atoms. The summed E-state index contributed by atoms with van der Waals surface area (Å²) in [6, 6.07) is 8.71. The van der Waals surface area contributed by atoms with E-state index in [9.17, 15) is 9.59 Å². The number of furan rings is 1. The zero-order valence-corrected chi connectivity index (χ0v) is 12.8. The molecule has 0 aliphatic heterocycles. The highest BCUT2D eigenvalue weighted by molar-refractivity contribution is 8.00. The number of amides is 2. The molecule has 1 aromatic heterocycles. The topological polar surface area (TPSA) is 71.3 Å². The molecule has 1 aromatic carbocycles. The summed E-state index contributed by atoms with van der Waals surface area (Å²) in [7, 11) is 0. The van der Waals surface area contributed by atoms with Gasteiger partial charge in [0.2, 0.25) is 5.91 Å². The first-order valence-corrected chi connectivity index (χ1v) is 7.44. The number of hydrazine groups is 1. The van der Waals surface area contributed by atoms with Crippen molar-refractivity contribution in [3.8, 4) is 0 Å². The molecule has 0 unspecified atom stereocenters. The zero-order chi connectivity index (χ0) is 15.2. The lowest BCUT2D eigenvalue weighted by Gasteiger charge is -2.06. The molecule has 2 N–H and O–H groups in total. The normalized spacial score (nSPS) is 10.2. The summed E-state index contributed by atoms with van der Waals surface area (Å²) in [5.74, 6) is -0.0282. The van der Waals surface area contributed by atoms with Gasteiger partial charge in [-0.3, -0.25) is 20.4 Å². The summed E-state index contributed by atoms with van der Waals surface area (Å²) in [6.07, 6.45) is 1.42. The van der Waals surface area contributed by atoms with Gasteiger partial charge in [0, 0.05) is 9.92 Å². The predicted octanol–water partition coefficient (Wildman–Crippen LogP) is 2.79. The fourth-order valence-electron chi connectivity index (χ4n) is 1.53. The van der Waals surface area contributed by atoms with Crippen LogP contribution in [0.3, 0.4) is 0 Å². The number of carbonyl (C=O) groups is 2. The Kier molecular flexibility index (Phi) is 5.30. The third kappa shape index (κ3) is 4.54. The maximum Gasteiger partial charge on any atom is 0.273 e. The average molecular weight is 325 g/mol. The molecule has 0 spiro atoms. The molecule has 0 aliphatic carbocycles. The fourth-order valence-corrected chi connectivity index (χ4v) is 2.35. The van der Waals surface area contributed by atoms with Crippen molar-refractivity contribution in [1.82, 2.24) is 10.9 Å². The Hall–Kier alpha value is -1.92. The van der Waals surface area contributed by atoms with E-state index in [1.54, 1.807) is 25.1 Å². The number of halogens is 1. The molecule has 110 valence electrons. The van der Waals surface area contributed by atoms with Crippen LogP contribution in [-0.4, -0.2) is 17.6 Å². The zero-order valence-electron chi connectivity index (χ0n) is 11.2. The van der Waals surface area contributed by atoms with E-state index < -0.39 is 5.91 Å². The molecule has 0 bridgehead atoms. The van der Waals surface area contributed by atoms with Gasteiger partial charge in [-0.15, -0.1) is 11.8 Å². The van der Waals surface area contributed by atoms with Crippen LogP contribution in [0.25, 0.3) is 0 Å². The van der Waals surface area contributed by atoms with Crippen LogP contribution >= 0.6 is 23.4 Å². The molecule has 0 saturated carbocycles. The van der Waals surface area contributed by atoms with E-state index in [1.165, 1.54) is 18.0 Å². The molecule has 2 rings (SSSR count). The smallest absolute Gasteiger partial charge is 0.273 e. The Morgan fingerprint density at radius 3 is 2.52 bits per heavy atom. The van der Waals surface area contributed by atoms with Gasteiger partial charge in [0.05, 0.1) is 17.6 Å². The van der Waals surface area contributed by atoms with Gasteiger partial charge >= 0.3 is 0 Å². The second-order valence-corrected chi connectivity index (χ2v) is 5.62. The number of thioether (sulfide) groups is 1. The largest absolute Gasteiger partial charge is 0.469 e. The quantitative estimate of drug-likeness (QED) is 0.670. The van der Waals surface area contributed by atoms with Crippen molar-refractivity contribution >= 4 is 35.2 Å². The minimum atomic E-state index is -0.411. The third-order valence-corrected chi connectivity index (χ3v) is 3.87. The molecular weight excluding hydrogens is 312 g/mol. The number of rotatable bonds is 4. The number of carbonyl (C=O) groups excluding carboxylic acids is 2. The average Bonchev–Trinajstić information content (AvgIpc) is 2.90. The van der Waals surface area contributed by atoms with Crippen LogP contribution in [0.1, 0.15) is 16.1 Å². The van der Waals surface area contributed by atoms with Crippen LogP contribution in [0, 0.1) is 6.92 Å². The van der Waals surface area contributed by atoms with E-state index >= 15 is 0 Å². The first kappa shape index (κ1) is 15.5. The van der Waals surface area contributed by atoms with E-state index in [0.717, 1.165) is 4.90 Å². The molecule has 5 nitrogen and oxygen atoms in total. The van der Waals surface area contributed by atoms with E-state index in [-0.39, 0.29) is 11.7 Å². The predicted molar refractivity (Wildman–Crippen MR) is 81.2 cm³/mol. The van der Waals surface area contributed by atoms with Gasteiger partial charge in [0.1, 0.15) is 5.76 Å². The second-order valence-electron chi connectivity index (χ2n) is 4.14. The van der Waals surface area contributed by atoms with Gasteiger partial charge in [-0.05, 0) is 37.3 Å². The molecule has 0 fully saturated rings. The van der Waals surface area contributed by atoms with Crippen molar-refractivity contribution < 1.29 is 14.0 Å². The van der Waals surface area contributed by atoms with Gasteiger partial charge in [-0.2, -0.15) is 0 Å². The fraction of sp³-hybridized carbons (Fsp3) is 0.143. The maximum atomic E-state index is 11.7. The number of benzene rings is 1. The van der Waals surface area contributed by atoms with Gasteiger partial charge in [0.25, 0.3) is 5.91 Å². The Bertz CT molecular complexity index is 640. The van der Waals surface area contributed by atoms with E-state index in [2.05, 4.69) is 10.9 Å². The van der Waals surface area contributed by atoms with Crippen LogP contribution in [0.2, 0.25) is 5.02 Å². The highest BCUT2D eigenvalue weighted by atomic mass is 35.5. The number of hydrogen-bond acceptors (Lipinski definition) is 4. The highest BCUT2D eigenvalue weighted by Gasteiger charge is 2.12. The van der Waals surface area contributed by atoms with Crippen molar-refractivity contribution in [1.29, 1.82) is 0 Å². The molecule has 7 heteroatoms. The van der Waals surface area contributed by atoms with Gasteiger partial charge in [0.15, 0.2) is 0 Å². The van der Waals surface area contributed by atoms with Crippen LogP contribution in [-0.2, 0) is 4.79 Å². The molecule has 0 saturated heterocycles. The molecular formula is C14H13ClN2O3S. The van der Waals surface area contributed by atoms with Crippen molar-refractivity contribution in [3.63, 3.8) is 0 Å². The Labute approximate surface area is 131 Å². The van der Waals surface area contributed by atoms with Crippen LogP contribution in [0.15, 0.2) is 45.9 Å². The number of nitrogens with one attached hydrogen (secondary N) is 2.